The summed E-state index contributed by atoms with van der Waals surface area (Å²) in [5.41, 5.74) is -0.111. The highest BCUT2D eigenvalue weighted by Gasteiger charge is 2.42. The zero-order chi connectivity index (χ0) is 20.9. The highest BCUT2D eigenvalue weighted by atomic mass is 16.5. The van der Waals surface area contributed by atoms with Crippen LogP contribution in [0.2, 0.25) is 0 Å². The molecule has 1 saturated heterocycles. The van der Waals surface area contributed by atoms with Crippen LogP contribution in [0, 0.1) is 5.41 Å². The van der Waals surface area contributed by atoms with Gasteiger partial charge in [-0.25, -0.2) is 4.79 Å². The van der Waals surface area contributed by atoms with Crippen molar-refractivity contribution in [3.8, 4) is 11.5 Å². The van der Waals surface area contributed by atoms with Gasteiger partial charge in [0.15, 0.2) is 18.1 Å². The first-order valence-corrected chi connectivity index (χ1v) is 8.92. The summed E-state index contributed by atoms with van der Waals surface area (Å²) in [5.74, 6) is -0.171. The Hall–Kier alpha value is -2.97. The number of rotatable bonds is 7. The van der Waals surface area contributed by atoms with Crippen LogP contribution in [0.25, 0.3) is 0 Å². The van der Waals surface area contributed by atoms with Gasteiger partial charge in [-0.3, -0.25) is 9.59 Å². The van der Waals surface area contributed by atoms with E-state index in [1.54, 1.807) is 39.2 Å². The first-order valence-electron chi connectivity index (χ1n) is 8.92. The summed E-state index contributed by atoms with van der Waals surface area (Å²) >= 11 is 0. The Morgan fingerprint density at radius 3 is 2.57 bits per heavy atom. The van der Waals surface area contributed by atoms with Crippen LogP contribution in [0.4, 0.5) is 4.79 Å². The van der Waals surface area contributed by atoms with Crippen molar-refractivity contribution < 1.29 is 29.0 Å². The highest BCUT2D eigenvalue weighted by molar-refractivity contribution is 5.79. The molecule has 0 radical (unpaired) electrons. The molecule has 2 rings (SSSR count). The summed E-state index contributed by atoms with van der Waals surface area (Å²) in [5, 5.41) is 12.1. The number of hydrogen-bond donors (Lipinski definition) is 2. The van der Waals surface area contributed by atoms with Gasteiger partial charge in [-0.2, -0.15) is 0 Å². The van der Waals surface area contributed by atoms with E-state index in [1.807, 2.05) is 0 Å². The molecule has 2 N–H and O–H groups in total. The molecule has 0 aromatic heterocycles. The van der Waals surface area contributed by atoms with Crippen LogP contribution in [0.1, 0.15) is 18.9 Å². The van der Waals surface area contributed by atoms with Crippen LogP contribution in [0.15, 0.2) is 18.2 Å². The van der Waals surface area contributed by atoms with E-state index in [9.17, 15) is 19.5 Å². The summed E-state index contributed by atoms with van der Waals surface area (Å²) in [6, 6.07) is 4.87. The Bertz CT molecular complexity index is 751. The number of ether oxygens (including phenoxy) is 2. The van der Waals surface area contributed by atoms with E-state index < -0.39 is 11.4 Å². The zero-order valence-corrected chi connectivity index (χ0v) is 16.7. The molecular formula is C19H27N3O6. The van der Waals surface area contributed by atoms with Crippen LogP contribution in [-0.4, -0.2) is 73.7 Å². The van der Waals surface area contributed by atoms with Crippen molar-refractivity contribution in [2.24, 2.45) is 5.41 Å². The molecule has 3 amide bonds. The van der Waals surface area contributed by atoms with Gasteiger partial charge in [-0.1, -0.05) is 6.07 Å². The molecule has 1 heterocycles. The summed E-state index contributed by atoms with van der Waals surface area (Å²) in [4.78, 5) is 38.2. The number of methoxy groups -OCH3 is 1. The van der Waals surface area contributed by atoms with Crippen molar-refractivity contribution in [1.29, 1.82) is 0 Å². The molecule has 1 aliphatic heterocycles. The van der Waals surface area contributed by atoms with Crippen LogP contribution >= 0.6 is 0 Å². The monoisotopic (exact) mass is 393 g/mol. The lowest BCUT2D eigenvalue weighted by molar-refractivity contribution is -0.147. The molecule has 9 nitrogen and oxygen atoms in total. The Morgan fingerprint density at radius 2 is 2.00 bits per heavy atom. The fourth-order valence-electron chi connectivity index (χ4n) is 2.81. The number of aliphatic carboxylic acids is 1. The maximum absolute atomic E-state index is 12.3. The molecule has 0 spiro atoms. The SMILES string of the molecule is COc1cc(CNC(=O)N2CCC(C)(C(=O)O)C2)ccc1OCC(=O)N(C)C. The fourth-order valence-corrected chi connectivity index (χ4v) is 2.81. The van der Waals surface area contributed by atoms with E-state index in [1.165, 1.54) is 16.9 Å². The predicted octanol–water partition coefficient (Wildman–Crippen LogP) is 1.17. The van der Waals surface area contributed by atoms with Gasteiger partial charge in [-0.05, 0) is 31.0 Å². The lowest BCUT2D eigenvalue weighted by Crippen LogP contribution is -2.40. The standard InChI is InChI=1S/C19H27N3O6/c1-19(17(24)25)7-8-22(12-19)18(26)20-10-13-5-6-14(15(9-13)27-4)28-11-16(23)21(2)3/h5-6,9H,7-8,10-12H2,1-4H3,(H,20,26)(H,24,25). The predicted molar refractivity (Wildman–Crippen MR) is 101 cm³/mol. The van der Waals surface area contributed by atoms with E-state index in [2.05, 4.69) is 5.32 Å². The molecular weight excluding hydrogens is 366 g/mol. The average Bonchev–Trinajstić information content (AvgIpc) is 3.08. The summed E-state index contributed by atoms with van der Waals surface area (Å²) in [6.07, 6.45) is 0.432. The maximum atomic E-state index is 12.3. The number of urea groups is 1. The molecule has 9 heteroatoms. The minimum absolute atomic E-state index is 0.100. The number of carbonyl (C=O) groups excluding carboxylic acids is 2. The number of carbonyl (C=O) groups is 3. The molecule has 0 aliphatic carbocycles. The minimum atomic E-state index is -0.899. The number of hydrogen-bond acceptors (Lipinski definition) is 5. The first-order chi connectivity index (χ1) is 13.2. The van der Waals surface area contributed by atoms with E-state index in [0.717, 1.165) is 5.56 Å². The second-order valence-electron chi connectivity index (χ2n) is 7.26. The number of amides is 3. The van der Waals surface area contributed by atoms with E-state index in [4.69, 9.17) is 9.47 Å². The van der Waals surface area contributed by atoms with Gasteiger partial charge >= 0.3 is 12.0 Å². The van der Waals surface area contributed by atoms with E-state index in [0.29, 0.717) is 24.5 Å². The maximum Gasteiger partial charge on any atom is 0.317 e. The number of carboxylic acids is 1. The number of benzene rings is 1. The quantitative estimate of drug-likeness (QED) is 0.720. The largest absolute Gasteiger partial charge is 0.493 e. The van der Waals surface area contributed by atoms with Crippen molar-refractivity contribution in [3.63, 3.8) is 0 Å². The number of nitrogens with zero attached hydrogens (tertiary/aromatic N) is 2. The van der Waals surface area contributed by atoms with Crippen molar-refractivity contribution in [1.82, 2.24) is 15.1 Å². The second kappa shape index (κ2) is 8.81. The summed E-state index contributed by atoms with van der Waals surface area (Å²) < 4.78 is 10.8. The van der Waals surface area contributed by atoms with Crippen molar-refractivity contribution in [2.75, 3.05) is 40.9 Å². The van der Waals surface area contributed by atoms with Gasteiger partial charge in [0.05, 0.1) is 12.5 Å². The Balaban J connectivity index is 1.93. The van der Waals surface area contributed by atoms with Crippen LogP contribution < -0.4 is 14.8 Å². The van der Waals surface area contributed by atoms with Crippen LogP contribution in [-0.2, 0) is 16.1 Å². The normalized spacial score (nSPS) is 18.5. The Labute approximate surface area is 164 Å². The van der Waals surface area contributed by atoms with Gasteiger partial charge in [0.2, 0.25) is 0 Å². The lowest BCUT2D eigenvalue weighted by Gasteiger charge is -2.20. The van der Waals surface area contributed by atoms with Gasteiger partial charge < -0.3 is 29.7 Å². The Morgan fingerprint density at radius 1 is 1.29 bits per heavy atom. The van der Waals surface area contributed by atoms with Gasteiger partial charge in [-0.15, -0.1) is 0 Å². The number of likely N-dealkylation sites (N-methyl/N-ethyl adjacent to an activating group) is 1. The van der Waals surface area contributed by atoms with Crippen LogP contribution in [0.3, 0.4) is 0 Å². The number of likely N-dealkylation sites (tertiary alicyclic amines) is 1. The third-order valence-electron chi connectivity index (χ3n) is 4.80. The smallest absolute Gasteiger partial charge is 0.317 e. The summed E-state index contributed by atoms with van der Waals surface area (Å²) in [6.45, 7) is 2.39. The Kier molecular flexibility index (Phi) is 6.71. The zero-order valence-electron chi connectivity index (χ0n) is 16.7. The number of nitrogens with one attached hydrogen (secondary N) is 1. The fraction of sp³-hybridized carbons (Fsp3) is 0.526. The molecule has 0 bridgehead atoms. The van der Waals surface area contributed by atoms with Crippen molar-refractivity contribution in [3.05, 3.63) is 23.8 Å². The van der Waals surface area contributed by atoms with Gasteiger partial charge in [0, 0.05) is 33.7 Å². The van der Waals surface area contributed by atoms with Gasteiger partial charge in [0.25, 0.3) is 5.91 Å². The average molecular weight is 393 g/mol. The molecule has 1 fully saturated rings. The molecule has 1 atom stereocenters. The van der Waals surface area contributed by atoms with E-state index >= 15 is 0 Å². The van der Waals surface area contributed by atoms with Crippen molar-refractivity contribution >= 4 is 17.9 Å². The molecule has 28 heavy (non-hydrogen) atoms. The van der Waals surface area contributed by atoms with E-state index in [-0.39, 0.29) is 31.6 Å². The second-order valence-corrected chi connectivity index (χ2v) is 7.26. The van der Waals surface area contributed by atoms with Gasteiger partial charge in [0.1, 0.15) is 0 Å². The first kappa shape index (κ1) is 21.3. The molecule has 1 unspecified atom stereocenters. The van der Waals surface area contributed by atoms with Crippen molar-refractivity contribution in [2.45, 2.75) is 19.9 Å². The third-order valence-corrected chi connectivity index (χ3v) is 4.80. The molecule has 1 aromatic carbocycles. The molecule has 0 saturated carbocycles. The molecule has 1 aromatic rings. The lowest BCUT2D eigenvalue weighted by atomic mass is 9.90. The highest BCUT2D eigenvalue weighted by Crippen LogP contribution is 2.30. The summed E-state index contributed by atoms with van der Waals surface area (Å²) in [7, 11) is 4.79. The molecule has 154 valence electrons. The third kappa shape index (κ3) is 5.05. The van der Waals surface area contributed by atoms with Crippen LogP contribution in [0.5, 0.6) is 11.5 Å². The topological polar surface area (TPSA) is 108 Å². The number of carboxylic acid groups (broad SMARTS) is 1. The molecule has 1 aliphatic rings. The minimum Gasteiger partial charge on any atom is -0.493 e.